The smallest absolute Gasteiger partial charge is 0.0439 e. The Hall–Kier alpha value is -0.240. The Balaban J connectivity index is 2.48. The van der Waals surface area contributed by atoms with Crippen molar-refractivity contribution >= 4 is 23.2 Å². The summed E-state index contributed by atoms with van der Waals surface area (Å²) in [5.41, 5.74) is 1.14. The van der Waals surface area contributed by atoms with Gasteiger partial charge in [0, 0.05) is 10.0 Å². The second-order valence-electron chi connectivity index (χ2n) is 4.25. The highest BCUT2D eigenvalue weighted by molar-refractivity contribution is 6.33. The first-order chi connectivity index (χ1) is 7.63. The van der Waals surface area contributed by atoms with Gasteiger partial charge in [0.2, 0.25) is 0 Å². The Morgan fingerprint density at radius 2 is 2.06 bits per heavy atom. The van der Waals surface area contributed by atoms with E-state index in [-0.39, 0.29) is 0 Å². The van der Waals surface area contributed by atoms with E-state index in [0.29, 0.717) is 5.92 Å². The van der Waals surface area contributed by atoms with Gasteiger partial charge >= 0.3 is 0 Å². The zero-order valence-electron chi connectivity index (χ0n) is 9.89. The first kappa shape index (κ1) is 13.8. The summed E-state index contributed by atoms with van der Waals surface area (Å²) < 4.78 is 0. The molecule has 90 valence electrons. The molecule has 0 radical (unpaired) electrons. The molecule has 1 aromatic carbocycles. The van der Waals surface area contributed by atoms with Crippen LogP contribution in [0.5, 0.6) is 0 Å². The lowest BCUT2D eigenvalue weighted by Crippen LogP contribution is -2.23. The highest BCUT2D eigenvalue weighted by Gasteiger charge is 2.07. The van der Waals surface area contributed by atoms with Crippen LogP contribution in [0.3, 0.4) is 0 Å². The molecule has 0 spiro atoms. The van der Waals surface area contributed by atoms with E-state index in [4.69, 9.17) is 23.2 Å². The van der Waals surface area contributed by atoms with Gasteiger partial charge in [-0.3, -0.25) is 0 Å². The van der Waals surface area contributed by atoms with Crippen molar-refractivity contribution in [3.63, 3.8) is 0 Å². The van der Waals surface area contributed by atoms with Gasteiger partial charge in [0.05, 0.1) is 0 Å². The SMILES string of the molecule is CCCNCC(C)Cc1cc(Cl)ccc1Cl. The van der Waals surface area contributed by atoms with Crippen LogP contribution in [0.1, 0.15) is 25.8 Å². The maximum atomic E-state index is 6.12. The van der Waals surface area contributed by atoms with Crippen molar-refractivity contribution in [3.8, 4) is 0 Å². The summed E-state index contributed by atoms with van der Waals surface area (Å²) in [6.07, 6.45) is 2.14. The van der Waals surface area contributed by atoms with E-state index in [1.807, 2.05) is 18.2 Å². The minimum Gasteiger partial charge on any atom is -0.316 e. The van der Waals surface area contributed by atoms with Crippen molar-refractivity contribution in [1.82, 2.24) is 5.32 Å². The lowest BCUT2D eigenvalue weighted by atomic mass is 10.0. The molecule has 1 unspecified atom stereocenters. The molecule has 0 saturated carbocycles. The maximum Gasteiger partial charge on any atom is 0.0439 e. The summed E-state index contributed by atoms with van der Waals surface area (Å²) in [5.74, 6) is 0.572. The monoisotopic (exact) mass is 259 g/mol. The van der Waals surface area contributed by atoms with Gasteiger partial charge in [-0.1, -0.05) is 37.0 Å². The van der Waals surface area contributed by atoms with Crippen molar-refractivity contribution in [3.05, 3.63) is 33.8 Å². The van der Waals surface area contributed by atoms with Gasteiger partial charge in [-0.05, 0) is 55.6 Å². The highest BCUT2D eigenvalue weighted by atomic mass is 35.5. The first-order valence-electron chi connectivity index (χ1n) is 5.78. The van der Waals surface area contributed by atoms with E-state index in [0.717, 1.165) is 35.1 Å². The number of hydrogen-bond acceptors (Lipinski definition) is 1. The third-order valence-electron chi connectivity index (χ3n) is 2.50. The minimum absolute atomic E-state index is 0.572. The van der Waals surface area contributed by atoms with Gasteiger partial charge in [-0.25, -0.2) is 0 Å². The van der Waals surface area contributed by atoms with Gasteiger partial charge in [-0.15, -0.1) is 0 Å². The van der Waals surface area contributed by atoms with Crippen LogP contribution in [0.25, 0.3) is 0 Å². The van der Waals surface area contributed by atoms with E-state index < -0.39 is 0 Å². The Morgan fingerprint density at radius 1 is 1.31 bits per heavy atom. The molecule has 0 aliphatic heterocycles. The topological polar surface area (TPSA) is 12.0 Å². The fourth-order valence-corrected chi connectivity index (χ4v) is 2.06. The predicted molar refractivity (Wildman–Crippen MR) is 72.5 cm³/mol. The zero-order valence-corrected chi connectivity index (χ0v) is 11.4. The standard InChI is InChI=1S/C13H19Cl2N/c1-3-6-16-9-10(2)7-11-8-12(14)4-5-13(11)15/h4-5,8,10,16H,3,6-7,9H2,1-2H3. The van der Waals surface area contributed by atoms with Crippen LogP contribution in [0.15, 0.2) is 18.2 Å². The molecule has 3 heteroatoms. The van der Waals surface area contributed by atoms with Crippen LogP contribution >= 0.6 is 23.2 Å². The second kappa shape index (κ2) is 7.16. The molecule has 1 aromatic rings. The van der Waals surface area contributed by atoms with Crippen LogP contribution in [-0.2, 0) is 6.42 Å². The Labute approximate surface area is 108 Å². The molecule has 0 aromatic heterocycles. The zero-order chi connectivity index (χ0) is 12.0. The van der Waals surface area contributed by atoms with Crippen molar-refractivity contribution < 1.29 is 0 Å². The first-order valence-corrected chi connectivity index (χ1v) is 6.53. The van der Waals surface area contributed by atoms with Gasteiger partial charge in [0.15, 0.2) is 0 Å². The van der Waals surface area contributed by atoms with Crippen LogP contribution in [0, 0.1) is 5.92 Å². The molecule has 0 saturated heterocycles. The molecule has 1 nitrogen and oxygen atoms in total. The third kappa shape index (κ3) is 4.73. The summed E-state index contributed by atoms with van der Waals surface area (Å²) in [6, 6.07) is 5.65. The van der Waals surface area contributed by atoms with Crippen LogP contribution in [0.2, 0.25) is 10.0 Å². The molecular weight excluding hydrogens is 241 g/mol. The molecule has 0 heterocycles. The minimum atomic E-state index is 0.572. The summed E-state index contributed by atoms with van der Waals surface area (Å²) in [4.78, 5) is 0. The molecule has 0 amide bonds. The number of benzene rings is 1. The highest BCUT2D eigenvalue weighted by Crippen LogP contribution is 2.23. The average molecular weight is 260 g/mol. The average Bonchev–Trinajstić information content (AvgIpc) is 2.24. The van der Waals surface area contributed by atoms with E-state index in [9.17, 15) is 0 Å². The number of hydrogen-bond donors (Lipinski definition) is 1. The van der Waals surface area contributed by atoms with Crippen LogP contribution in [0.4, 0.5) is 0 Å². The number of halogens is 2. The van der Waals surface area contributed by atoms with Crippen molar-refractivity contribution in [1.29, 1.82) is 0 Å². The van der Waals surface area contributed by atoms with Crippen LogP contribution < -0.4 is 5.32 Å². The molecule has 16 heavy (non-hydrogen) atoms. The molecule has 0 aliphatic rings. The lowest BCUT2D eigenvalue weighted by Gasteiger charge is -2.13. The Morgan fingerprint density at radius 3 is 2.75 bits per heavy atom. The fourth-order valence-electron chi connectivity index (χ4n) is 1.67. The Bertz CT molecular complexity index is 326. The summed E-state index contributed by atoms with van der Waals surface area (Å²) in [7, 11) is 0. The second-order valence-corrected chi connectivity index (χ2v) is 5.09. The van der Waals surface area contributed by atoms with E-state index >= 15 is 0 Å². The largest absolute Gasteiger partial charge is 0.316 e. The molecule has 0 aliphatic carbocycles. The normalized spacial score (nSPS) is 12.8. The number of rotatable bonds is 6. The molecular formula is C13H19Cl2N. The Kier molecular flexibility index (Phi) is 6.18. The van der Waals surface area contributed by atoms with Crippen molar-refractivity contribution in [2.24, 2.45) is 5.92 Å². The quantitative estimate of drug-likeness (QED) is 0.757. The number of nitrogens with one attached hydrogen (secondary N) is 1. The molecule has 0 bridgehead atoms. The van der Waals surface area contributed by atoms with E-state index in [1.165, 1.54) is 6.42 Å². The van der Waals surface area contributed by atoms with Crippen LogP contribution in [-0.4, -0.2) is 13.1 Å². The fraction of sp³-hybridized carbons (Fsp3) is 0.538. The van der Waals surface area contributed by atoms with Gasteiger partial charge in [-0.2, -0.15) is 0 Å². The predicted octanol–water partition coefficient (Wildman–Crippen LogP) is 4.17. The van der Waals surface area contributed by atoms with Gasteiger partial charge < -0.3 is 5.32 Å². The molecule has 1 atom stereocenters. The summed E-state index contributed by atoms with van der Waals surface area (Å²) >= 11 is 12.1. The van der Waals surface area contributed by atoms with Gasteiger partial charge in [0.25, 0.3) is 0 Å². The van der Waals surface area contributed by atoms with E-state index in [2.05, 4.69) is 19.2 Å². The van der Waals surface area contributed by atoms with Crippen molar-refractivity contribution in [2.75, 3.05) is 13.1 Å². The maximum absolute atomic E-state index is 6.12. The third-order valence-corrected chi connectivity index (χ3v) is 3.10. The van der Waals surface area contributed by atoms with E-state index in [1.54, 1.807) is 0 Å². The van der Waals surface area contributed by atoms with Gasteiger partial charge in [0.1, 0.15) is 0 Å². The van der Waals surface area contributed by atoms with Crippen molar-refractivity contribution in [2.45, 2.75) is 26.7 Å². The molecule has 1 rings (SSSR count). The summed E-state index contributed by atoms with van der Waals surface area (Å²) in [5, 5.41) is 4.98. The lowest BCUT2D eigenvalue weighted by molar-refractivity contribution is 0.511. The molecule has 1 N–H and O–H groups in total. The summed E-state index contributed by atoms with van der Waals surface area (Å²) in [6.45, 7) is 6.50. The molecule has 0 fully saturated rings.